The van der Waals surface area contributed by atoms with E-state index in [1.165, 1.54) is 70.6 Å². The maximum Gasteiger partial charge on any atom is 0.0686 e. The van der Waals surface area contributed by atoms with Gasteiger partial charge in [0.05, 0.1) is 11.5 Å². The van der Waals surface area contributed by atoms with Crippen molar-refractivity contribution >= 4 is 0 Å². The van der Waals surface area contributed by atoms with Crippen molar-refractivity contribution < 1.29 is 0 Å². The number of nitriles is 1. The molecular weight excluding hydrogens is 242 g/mol. The van der Waals surface area contributed by atoms with Gasteiger partial charge in [0.15, 0.2) is 0 Å². The highest BCUT2D eigenvalue weighted by molar-refractivity contribution is 5.01. The molecule has 0 spiro atoms. The Morgan fingerprint density at radius 3 is 2.60 bits per heavy atom. The van der Waals surface area contributed by atoms with Gasteiger partial charge in [-0.05, 0) is 56.8 Å². The molecule has 2 aliphatic carbocycles. The Morgan fingerprint density at radius 1 is 1.05 bits per heavy atom. The van der Waals surface area contributed by atoms with Crippen molar-refractivity contribution in [2.45, 2.75) is 90.9 Å². The number of nitrogens with zero attached hydrogens (tertiary/aromatic N) is 1. The fourth-order valence-electron chi connectivity index (χ4n) is 4.63. The third-order valence-electron chi connectivity index (χ3n) is 6.01. The van der Waals surface area contributed by atoms with Crippen molar-refractivity contribution in [1.82, 2.24) is 0 Å². The van der Waals surface area contributed by atoms with E-state index < -0.39 is 0 Å². The summed E-state index contributed by atoms with van der Waals surface area (Å²) in [5.74, 6) is 2.82. The van der Waals surface area contributed by atoms with Crippen molar-refractivity contribution in [2.75, 3.05) is 0 Å². The molecule has 0 N–H and O–H groups in total. The second-order valence-corrected chi connectivity index (χ2v) is 7.82. The maximum absolute atomic E-state index is 9.33. The Balaban J connectivity index is 1.69. The van der Waals surface area contributed by atoms with Gasteiger partial charge in [0.1, 0.15) is 0 Å². The topological polar surface area (TPSA) is 23.8 Å². The number of unbranched alkanes of at least 4 members (excludes halogenated alkanes) is 4. The lowest BCUT2D eigenvalue weighted by Crippen LogP contribution is -2.35. The second kappa shape index (κ2) is 7.48. The summed E-state index contributed by atoms with van der Waals surface area (Å²) in [7, 11) is 0. The molecule has 0 saturated heterocycles. The molecule has 0 aromatic heterocycles. The molecule has 0 aliphatic heterocycles. The standard InChI is InChI=1S/C19H33N/c1-3-4-5-6-7-8-16-9-10-18-14-19(2,15-20)12-11-17(18)13-16/h16-18H,3-14H2,1-2H3. The van der Waals surface area contributed by atoms with Crippen LogP contribution in [-0.4, -0.2) is 0 Å². The van der Waals surface area contributed by atoms with Crippen molar-refractivity contribution in [2.24, 2.45) is 23.2 Å². The Kier molecular flexibility index (Phi) is 5.94. The van der Waals surface area contributed by atoms with Crippen LogP contribution in [0.25, 0.3) is 0 Å². The Bertz CT molecular complexity index is 329. The molecule has 2 fully saturated rings. The first-order valence-corrected chi connectivity index (χ1v) is 9.08. The predicted molar refractivity (Wildman–Crippen MR) is 85.3 cm³/mol. The van der Waals surface area contributed by atoms with Crippen LogP contribution in [0, 0.1) is 34.5 Å². The van der Waals surface area contributed by atoms with E-state index in [4.69, 9.17) is 0 Å². The van der Waals surface area contributed by atoms with Crippen LogP contribution in [0.2, 0.25) is 0 Å². The molecule has 0 aromatic rings. The van der Waals surface area contributed by atoms with Gasteiger partial charge in [0, 0.05) is 0 Å². The first-order chi connectivity index (χ1) is 9.67. The van der Waals surface area contributed by atoms with Crippen molar-refractivity contribution in [1.29, 1.82) is 5.26 Å². The van der Waals surface area contributed by atoms with Crippen LogP contribution in [-0.2, 0) is 0 Å². The van der Waals surface area contributed by atoms with E-state index in [0.29, 0.717) is 0 Å². The minimum atomic E-state index is -0.00580. The molecule has 2 rings (SSSR count). The lowest BCUT2D eigenvalue weighted by molar-refractivity contribution is 0.0749. The first-order valence-electron chi connectivity index (χ1n) is 9.08. The lowest BCUT2D eigenvalue weighted by Gasteiger charge is -2.44. The first kappa shape index (κ1) is 15.9. The Labute approximate surface area is 126 Å². The monoisotopic (exact) mass is 275 g/mol. The molecule has 0 bridgehead atoms. The van der Waals surface area contributed by atoms with Crippen molar-refractivity contribution in [3.05, 3.63) is 0 Å². The molecular formula is C19H33N. The van der Waals surface area contributed by atoms with Gasteiger partial charge < -0.3 is 0 Å². The van der Waals surface area contributed by atoms with Crippen LogP contribution in [0.4, 0.5) is 0 Å². The van der Waals surface area contributed by atoms with Crippen LogP contribution < -0.4 is 0 Å². The summed E-state index contributed by atoms with van der Waals surface area (Å²) in [5.41, 5.74) is -0.00580. The number of rotatable bonds is 6. The summed E-state index contributed by atoms with van der Waals surface area (Å²) in [6.07, 6.45) is 16.6. The van der Waals surface area contributed by atoms with Gasteiger partial charge in [-0.25, -0.2) is 0 Å². The maximum atomic E-state index is 9.33. The zero-order chi connectivity index (χ0) is 14.4. The molecule has 4 unspecified atom stereocenters. The highest BCUT2D eigenvalue weighted by atomic mass is 14.5. The molecule has 0 radical (unpaired) electrons. The number of hydrogen-bond donors (Lipinski definition) is 0. The third kappa shape index (κ3) is 4.24. The van der Waals surface area contributed by atoms with Crippen LogP contribution in [0.1, 0.15) is 90.9 Å². The van der Waals surface area contributed by atoms with E-state index in [1.54, 1.807) is 0 Å². The third-order valence-corrected chi connectivity index (χ3v) is 6.01. The zero-order valence-corrected chi connectivity index (χ0v) is 13.7. The molecule has 0 aromatic carbocycles. The summed E-state index contributed by atoms with van der Waals surface area (Å²) in [4.78, 5) is 0. The summed E-state index contributed by atoms with van der Waals surface area (Å²) in [6.45, 7) is 4.47. The highest BCUT2D eigenvalue weighted by Crippen LogP contribution is 2.49. The average molecular weight is 275 g/mol. The van der Waals surface area contributed by atoms with Crippen molar-refractivity contribution in [3.8, 4) is 6.07 Å². The lowest BCUT2D eigenvalue weighted by atomic mass is 9.60. The van der Waals surface area contributed by atoms with E-state index in [9.17, 15) is 5.26 Å². The number of fused-ring (bicyclic) bond motifs is 1. The molecule has 4 atom stereocenters. The van der Waals surface area contributed by atoms with E-state index in [0.717, 1.165) is 24.2 Å². The molecule has 0 amide bonds. The summed E-state index contributed by atoms with van der Waals surface area (Å²) in [6, 6.07) is 2.58. The van der Waals surface area contributed by atoms with Gasteiger partial charge in [-0.15, -0.1) is 0 Å². The highest BCUT2D eigenvalue weighted by Gasteiger charge is 2.40. The molecule has 2 aliphatic rings. The zero-order valence-electron chi connectivity index (χ0n) is 13.7. The summed E-state index contributed by atoms with van der Waals surface area (Å²) < 4.78 is 0. The molecule has 1 heteroatoms. The smallest absolute Gasteiger partial charge is 0.0686 e. The van der Waals surface area contributed by atoms with E-state index >= 15 is 0 Å². The SMILES string of the molecule is CCCCCCCC1CCC2CC(C)(C#N)CCC2C1. The van der Waals surface area contributed by atoms with Gasteiger partial charge in [-0.3, -0.25) is 0 Å². The fourth-order valence-corrected chi connectivity index (χ4v) is 4.63. The molecule has 114 valence electrons. The molecule has 0 heterocycles. The van der Waals surface area contributed by atoms with Crippen molar-refractivity contribution in [3.63, 3.8) is 0 Å². The molecule has 20 heavy (non-hydrogen) atoms. The van der Waals surface area contributed by atoms with E-state index in [-0.39, 0.29) is 5.41 Å². The predicted octanol–water partition coefficient (Wildman–Crippen LogP) is 6.09. The van der Waals surface area contributed by atoms with Crippen LogP contribution >= 0.6 is 0 Å². The minimum absolute atomic E-state index is 0.00580. The van der Waals surface area contributed by atoms with E-state index in [2.05, 4.69) is 19.9 Å². The van der Waals surface area contributed by atoms with Gasteiger partial charge in [0.2, 0.25) is 0 Å². The molecule has 1 nitrogen and oxygen atoms in total. The van der Waals surface area contributed by atoms with Gasteiger partial charge in [-0.1, -0.05) is 51.9 Å². The second-order valence-electron chi connectivity index (χ2n) is 7.82. The van der Waals surface area contributed by atoms with Gasteiger partial charge in [-0.2, -0.15) is 5.26 Å². The fraction of sp³-hybridized carbons (Fsp3) is 0.947. The quantitative estimate of drug-likeness (QED) is 0.538. The Hall–Kier alpha value is -0.510. The van der Waals surface area contributed by atoms with Crippen LogP contribution in [0.15, 0.2) is 0 Å². The Morgan fingerprint density at radius 2 is 1.85 bits per heavy atom. The van der Waals surface area contributed by atoms with Gasteiger partial charge >= 0.3 is 0 Å². The average Bonchev–Trinajstić information content (AvgIpc) is 2.47. The number of hydrogen-bond acceptors (Lipinski definition) is 1. The van der Waals surface area contributed by atoms with E-state index in [1.807, 2.05) is 0 Å². The summed E-state index contributed by atoms with van der Waals surface area (Å²) >= 11 is 0. The molecule has 2 saturated carbocycles. The van der Waals surface area contributed by atoms with Crippen LogP contribution in [0.3, 0.4) is 0 Å². The van der Waals surface area contributed by atoms with Gasteiger partial charge in [0.25, 0.3) is 0 Å². The largest absolute Gasteiger partial charge is 0.198 e. The normalized spacial score (nSPS) is 37.1. The van der Waals surface area contributed by atoms with Crippen LogP contribution in [0.5, 0.6) is 0 Å². The summed E-state index contributed by atoms with van der Waals surface area (Å²) in [5, 5.41) is 9.33. The minimum Gasteiger partial charge on any atom is -0.198 e.